The Labute approximate surface area is 126 Å². The van der Waals surface area contributed by atoms with E-state index in [9.17, 15) is 4.39 Å². The minimum absolute atomic E-state index is 0.331. The van der Waals surface area contributed by atoms with Gasteiger partial charge in [-0.1, -0.05) is 6.92 Å². The van der Waals surface area contributed by atoms with Gasteiger partial charge in [-0.3, -0.25) is 0 Å². The van der Waals surface area contributed by atoms with Gasteiger partial charge in [0, 0.05) is 25.2 Å². The molecule has 0 unspecified atom stereocenters. The molecule has 0 bridgehead atoms. The highest BCUT2D eigenvalue weighted by molar-refractivity contribution is 5.70. The average Bonchev–Trinajstić information content (AvgIpc) is 3.33. The van der Waals surface area contributed by atoms with Crippen LogP contribution in [0.2, 0.25) is 0 Å². The Hall–Kier alpha value is -1.45. The van der Waals surface area contributed by atoms with Gasteiger partial charge in [-0.25, -0.2) is 4.39 Å². The number of nitrogens with zero attached hydrogens (tertiary/aromatic N) is 1. The number of halogens is 1. The van der Waals surface area contributed by atoms with Crippen LogP contribution in [0.25, 0.3) is 0 Å². The van der Waals surface area contributed by atoms with E-state index in [2.05, 4.69) is 4.90 Å². The Morgan fingerprint density at radius 2 is 1.81 bits per heavy atom. The van der Waals surface area contributed by atoms with Gasteiger partial charge in [0.2, 0.25) is 0 Å². The first-order valence-electron chi connectivity index (χ1n) is 8.14. The monoisotopic (exact) mass is 292 g/mol. The van der Waals surface area contributed by atoms with Crippen LogP contribution < -0.4 is 15.4 Å². The molecule has 1 aromatic rings. The summed E-state index contributed by atoms with van der Waals surface area (Å²) < 4.78 is 19.5. The Kier molecular flexibility index (Phi) is 4.22. The lowest BCUT2D eigenvalue weighted by molar-refractivity contribution is 0.301. The fraction of sp³-hybridized carbons (Fsp3) is 0.647. The second-order valence-corrected chi connectivity index (χ2v) is 6.48. The summed E-state index contributed by atoms with van der Waals surface area (Å²) in [7, 11) is 0. The van der Waals surface area contributed by atoms with Crippen molar-refractivity contribution >= 4 is 11.4 Å². The van der Waals surface area contributed by atoms with E-state index in [1.54, 1.807) is 6.07 Å². The van der Waals surface area contributed by atoms with Gasteiger partial charge < -0.3 is 15.4 Å². The zero-order chi connectivity index (χ0) is 14.8. The minimum Gasteiger partial charge on any atom is -0.490 e. The maximum absolute atomic E-state index is 13.9. The Bertz CT molecular complexity index is 484. The molecular formula is C17H25FN2O. The van der Waals surface area contributed by atoms with Crippen molar-refractivity contribution in [3.05, 3.63) is 17.9 Å². The lowest BCUT2D eigenvalue weighted by atomic mass is 10.2. The molecule has 2 saturated carbocycles. The molecule has 21 heavy (non-hydrogen) atoms. The van der Waals surface area contributed by atoms with Gasteiger partial charge in [0.1, 0.15) is 0 Å². The van der Waals surface area contributed by atoms with Crippen LogP contribution in [0.5, 0.6) is 5.75 Å². The summed E-state index contributed by atoms with van der Waals surface area (Å²) in [6.45, 7) is 4.63. The van der Waals surface area contributed by atoms with Gasteiger partial charge in [-0.15, -0.1) is 0 Å². The van der Waals surface area contributed by atoms with Crippen molar-refractivity contribution in [1.29, 1.82) is 0 Å². The predicted octanol–water partition coefficient (Wildman–Crippen LogP) is 3.82. The first-order chi connectivity index (χ1) is 10.2. The first kappa shape index (κ1) is 14.5. The van der Waals surface area contributed by atoms with Crippen LogP contribution >= 0.6 is 0 Å². The third kappa shape index (κ3) is 3.80. The summed E-state index contributed by atoms with van der Waals surface area (Å²) in [5, 5.41) is 0. The van der Waals surface area contributed by atoms with E-state index in [-0.39, 0.29) is 5.82 Å². The van der Waals surface area contributed by atoms with E-state index < -0.39 is 0 Å². The van der Waals surface area contributed by atoms with Gasteiger partial charge >= 0.3 is 0 Å². The highest BCUT2D eigenvalue weighted by atomic mass is 19.1. The quantitative estimate of drug-likeness (QED) is 0.740. The number of ether oxygens (including phenoxy) is 1. The molecule has 3 rings (SSSR count). The second-order valence-electron chi connectivity index (χ2n) is 6.48. The van der Waals surface area contributed by atoms with Crippen molar-refractivity contribution in [2.75, 3.05) is 30.3 Å². The third-order valence-corrected chi connectivity index (χ3v) is 4.23. The van der Waals surface area contributed by atoms with Crippen LogP contribution in [-0.2, 0) is 0 Å². The van der Waals surface area contributed by atoms with E-state index in [1.165, 1.54) is 31.7 Å². The Balaban J connectivity index is 1.81. The van der Waals surface area contributed by atoms with Crippen molar-refractivity contribution in [2.45, 2.75) is 39.0 Å². The number of rotatable bonds is 8. The highest BCUT2D eigenvalue weighted by Crippen LogP contribution is 2.39. The molecular weight excluding hydrogens is 267 g/mol. The number of benzene rings is 1. The average molecular weight is 292 g/mol. The number of nitrogens with two attached hydrogens (primary N) is 1. The van der Waals surface area contributed by atoms with Crippen LogP contribution in [-0.4, -0.2) is 19.7 Å². The predicted molar refractivity (Wildman–Crippen MR) is 84.3 cm³/mol. The standard InChI is InChI=1S/C17H25FN2O/c1-2-7-21-17-9-16(15(19)8-14(17)18)20(10-12-3-4-12)11-13-5-6-13/h8-9,12-13H,2-7,10-11,19H2,1H3. The summed E-state index contributed by atoms with van der Waals surface area (Å²) in [5.74, 6) is 1.54. The molecule has 0 spiro atoms. The summed E-state index contributed by atoms with van der Waals surface area (Å²) in [5.41, 5.74) is 7.55. The molecule has 0 amide bonds. The molecule has 0 aromatic heterocycles. The van der Waals surface area contributed by atoms with Crippen LogP contribution in [0.1, 0.15) is 39.0 Å². The molecule has 4 heteroatoms. The summed E-state index contributed by atoms with van der Waals surface area (Å²) in [6, 6.07) is 3.21. The molecule has 0 heterocycles. The molecule has 3 nitrogen and oxygen atoms in total. The molecule has 2 N–H and O–H groups in total. The van der Waals surface area contributed by atoms with Crippen molar-refractivity contribution in [3.63, 3.8) is 0 Å². The van der Waals surface area contributed by atoms with E-state index >= 15 is 0 Å². The van der Waals surface area contributed by atoms with Gasteiger partial charge in [0.15, 0.2) is 11.6 Å². The fourth-order valence-corrected chi connectivity index (χ4v) is 2.65. The molecule has 2 aliphatic rings. The van der Waals surface area contributed by atoms with E-state index in [0.717, 1.165) is 37.0 Å². The van der Waals surface area contributed by atoms with Crippen molar-refractivity contribution in [1.82, 2.24) is 0 Å². The van der Waals surface area contributed by atoms with Crippen molar-refractivity contribution < 1.29 is 9.13 Å². The van der Waals surface area contributed by atoms with Gasteiger partial charge in [0.25, 0.3) is 0 Å². The molecule has 2 fully saturated rings. The molecule has 0 saturated heterocycles. The number of hydrogen-bond acceptors (Lipinski definition) is 3. The largest absolute Gasteiger partial charge is 0.490 e. The van der Waals surface area contributed by atoms with Gasteiger partial charge in [0.05, 0.1) is 18.0 Å². The lowest BCUT2D eigenvalue weighted by Gasteiger charge is -2.27. The minimum atomic E-state index is -0.359. The van der Waals surface area contributed by atoms with Gasteiger partial charge in [-0.05, 0) is 43.9 Å². The maximum Gasteiger partial charge on any atom is 0.167 e. The Morgan fingerprint density at radius 1 is 1.19 bits per heavy atom. The molecule has 0 atom stereocenters. The molecule has 2 aliphatic carbocycles. The zero-order valence-electron chi connectivity index (χ0n) is 12.8. The Morgan fingerprint density at radius 3 is 2.33 bits per heavy atom. The smallest absolute Gasteiger partial charge is 0.167 e. The molecule has 116 valence electrons. The topological polar surface area (TPSA) is 38.5 Å². The van der Waals surface area contributed by atoms with Crippen molar-refractivity contribution in [3.8, 4) is 5.75 Å². The van der Waals surface area contributed by atoms with Crippen LogP contribution in [0, 0.1) is 17.7 Å². The highest BCUT2D eigenvalue weighted by Gasteiger charge is 2.30. The van der Waals surface area contributed by atoms with E-state index in [0.29, 0.717) is 18.0 Å². The first-order valence-corrected chi connectivity index (χ1v) is 8.14. The fourth-order valence-electron chi connectivity index (χ4n) is 2.65. The summed E-state index contributed by atoms with van der Waals surface area (Å²) in [4.78, 5) is 2.35. The van der Waals surface area contributed by atoms with Crippen LogP contribution in [0.4, 0.5) is 15.8 Å². The molecule has 0 aliphatic heterocycles. The zero-order valence-corrected chi connectivity index (χ0v) is 12.8. The van der Waals surface area contributed by atoms with E-state index in [1.807, 2.05) is 6.92 Å². The van der Waals surface area contributed by atoms with Crippen LogP contribution in [0.3, 0.4) is 0 Å². The summed E-state index contributed by atoms with van der Waals surface area (Å²) >= 11 is 0. The normalized spacial score (nSPS) is 17.8. The maximum atomic E-state index is 13.9. The van der Waals surface area contributed by atoms with E-state index in [4.69, 9.17) is 10.5 Å². The van der Waals surface area contributed by atoms with Crippen molar-refractivity contribution in [2.24, 2.45) is 11.8 Å². The summed E-state index contributed by atoms with van der Waals surface area (Å²) in [6.07, 6.45) is 6.10. The molecule has 1 aromatic carbocycles. The SMILES string of the molecule is CCCOc1cc(N(CC2CC2)CC2CC2)c(N)cc1F. The third-order valence-electron chi connectivity index (χ3n) is 4.23. The number of hydrogen-bond donors (Lipinski definition) is 1. The molecule has 0 radical (unpaired) electrons. The number of anilines is 2. The van der Waals surface area contributed by atoms with Crippen LogP contribution in [0.15, 0.2) is 12.1 Å². The number of nitrogen functional groups attached to an aromatic ring is 1. The van der Waals surface area contributed by atoms with Gasteiger partial charge in [-0.2, -0.15) is 0 Å². The second kappa shape index (κ2) is 6.12. The lowest BCUT2D eigenvalue weighted by Crippen LogP contribution is -2.29.